The zero-order valence-electron chi connectivity index (χ0n) is 12.7. The van der Waals surface area contributed by atoms with Crippen LogP contribution in [-0.4, -0.2) is 18.6 Å². The lowest BCUT2D eigenvalue weighted by molar-refractivity contribution is 0.424. The second kappa shape index (κ2) is 6.24. The first-order valence-electron chi connectivity index (χ1n) is 6.90. The molecule has 0 aliphatic rings. The molecule has 0 bridgehead atoms. The molecule has 0 saturated heterocycles. The maximum Gasteiger partial charge on any atom is 0.0366 e. The Bertz CT molecular complexity index is 348. The molecule has 0 aliphatic carbocycles. The van der Waals surface area contributed by atoms with E-state index in [0.717, 1.165) is 6.54 Å². The number of benzene rings is 1. The molecule has 2 heteroatoms. The second-order valence-corrected chi connectivity index (χ2v) is 6.14. The summed E-state index contributed by atoms with van der Waals surface area (Å²) in [6.07, 6.45) is 1.17. The smallest absolute Gasteiger partial charge is 0.0366 e. The van der Waals surface area contributed by atoms with Gasteiger partial charge < -0.3 is 10.2 Å². The van der Waals surface area contributed by atoms with E-state index in [4.69, 9.17) is 0 Å². The van der Waals surface area contributed by atoms with Gasteiger partial charge in [0.25, 0.3) is 0 Å². The standard InChI is InChI=1S/C16H28N2/c1-7-13(2)18(6)15-10-8-14(9-11-15)12-17-16(3,4)5/h8-11,13,17H,7,12H2,1-6H3. The zero-order valence-corrected chi connectivity index (χ0v) is 12.7. The van der Waals surface area contributed by atoms with Crippen LogP contribution in [0.4, 0.5) is 5.69 Å². The maximum absolute atomic E-state index is 3.51. The highest BCUT2D eigenvalue weighted by Crippen LogP contribution is 2.17. The number of hydrogen-bond acceptors (Lipinski definition) is 2. The Balaban J connectivity index is 2.63. The van der Waals surface area contributed by atoms with Gasteiger partial charge in [0.15, 0.2) is 0 Å². The van der Waals surface area contributed by atoms with E-state index in [2.05, 4.69) is 76.1 Å². The fourth-order valence-electron chi connectivity index (χ4n) is 1.74. The van der Waals surface area contributed by atoms with E-state index in [1.807, 2.05) is 0 Å². The third-order valence-corrected chi connectivity index (χ3v) is 3.42. The van der Waals surface area contributed by atoms with Crippen molar-refractivity contribution in [2.24, 2.45) is 0 Å². The predicted molar refractivity (Wildman–Crippen MR) is 81.2 cm³/mol. The highest BCUT2D eigenvalue weighted by molar-refractivity contribution is 5.47. The minimum Gasteiger partial charge on any atom is -0.372 e. The Kier molecular flexibility index (Phi) is 5.21. The van der Waals surface area contributed by atoms with E-state index in [1.165, 1.54) is 17.7 Å². The lowest BCUT2D eigenvalue weighted by Gasteiger charge is -2.26. The van der Waals surface area contributed by atoms with Gasteiger partial charge in [-0.1, -0.05) is 19.1 Å². The molecule has 1 aromatic rings. The molecule has 1 unspecified atom stereocenters. The number of hydrogen-bond donors (Lipinski definition) is 1. The van der Waals surface area contributed by atoms with Gasteiger partial charge >= 0.3 is 0 Å². The van der Waals surface area contributed by atoms with Gasteiger partial charge in [-0.15, -0.1) is 0 Å². The first kappa shape index (κ1) is 15.0. The molecule has 2 nitrogen and oxygen atoms in total. The Morgan fingerprint density at radius 3 is 2.17 bits per heavy atom. The summed E-state index contributed by atoms with van der Waals surface area (Å²) in [5, 5.41) is 3.51. The van der Waals surface area contributed by atoms with E-state index < -0.39 is 0 Å². The van der Waals surface area contributed by atoms with Gasteiger partial charge in [-0.2, -0.15) is 0 Å². The Morgan fingerprint density at radius 1 is 1.17 bits per heavy atom. The highest BCUT2D eigenvalue weighted by atomic mass is 15.1. The normalized spacial score (nSPS) is 13.4. The lowest BCUT2D eigenvalue weighted by atomic mass is 10.1. The van der Waals surface area contributed by atoms with Crippen molar-refractivity contribution in [3.63, 3.8) is 0 Å². The first-order valence-corrected chi connectivity index (χ1v) is 6.90. The molecule has 1 N–H and O–H groups in total. The molecule has 0 amide bonds. The summed E-state index contributed by atoms with van der Waals surface area (Å²) >= 11 is 0. The van der Waals surface area contributed by atoms with Gasteiger partial charge in [-0.3, -0.25) is 0 Å². The van der Waals surface area contributed by atoms with Crippen LogP contribution in [0.15, 0.2) is 24.3 Å². The molecule has 1 atom stereocenters. The second-order valence-electron chi connectivity index (χ2n) is 6.14. The largest absolute Gasteiger partial charge is 0.372 e. The van der Waals surface area contributed by atoms with E-state index in [0.29, 0.717) is 6.04 Å². The molecule has 0 aromatic heterocycles. The quantitative estimate of drug-likeness (QED) is 0.852. The van der Waals surface area contributed by atoms with Crippen LogP contribution in [0.5, 0.6) is 0 Å². The number of anilines is 1. The third kappa shape index (κ3) is 4.69. The number of rotatable bonds is 5. The SMILES string of the molecule is CCC(C)N(C)c1ccc(CNC(C)(C)C)cc1. The molecule has 18 heavy (non-hydrogen) atoms. The summed E-state index contributed by atoms with van der Waals surface area (Å²) in [6.45, 7) is 12.0. The van der Waals surface area contributed by atoms with Crippen LogP contribution < -0.4 is 10.2 Å². The van der Waals surface area contributed by atoms with Crippen molar-refractivity contribution in [2.75, 3.05) is 11.9 Å². The summed E-state index contributed by atoms with van der Waals surface area (Å²) in [6, 6.07) is 9.45. The molecule has 102 valence electrons. The molecule has 0 radical (unpaired) electrons. The lowest BCUT2D eigenvalue weighted by Crippen LogP contribution is -2.35. The zero-order chi connectivity index (χ0) is 13.8. The summed E-state index contributed by atoms with van der Waals surface area (Å²) in [7, 11) is 2.16. The summed E-state index contributed by atoms with van der Waals surface area (Å²) in [4.78, 5) is 2.33. The van der Waals surface area contributed by atoms with E-state index >= 15 is 0 Å². The van der Waals surface area contributed by atoms with Crippen molar-refractivity contribution in [2.45, 2.75) is 59.2 Å². The summed E-state index contributed by atoms with van der Waals surface area (Å²) < 4.78 is 0. The van der Waals surface area contributed by atoms with Crippen LogP contribution in [0.3, 0.4) is 0 Å². The van der Waals surface area contributed by atoms with Crippen LogP contribution in [0.25, 0.3) is 0 Å². The fourth-order valence-corrected chi connectivity index (χ4v) is 1.74. The third-order valence-electron chi connectivity index (χ3n) is 3.42. The molecule has 1 rings (SSSR count). The molecule has 0 heterocycles. The molecule has 0 spiro atoms. The van der Waals surface area contributed by atoms with Crippen molar-refractivity contribution >= 4 is 5.69 Å². The Morgan fingerprint density at radius 2 is 1.72 bits per heavy atom. The van der Waals surface area contributed by atoms with Crippen LogP contribution in [0.1, 0.15) is 46.6 Å². The minimum absolute atomic E-state index is 0.173. The predicted octanol–water partition coefficient (Wildman–Crippen LogP) is 3.81. The average molecular weight is 248 g/mol. The average Bonchev–Trinajstić information content (AvgIpc) is 2.34. The van der Waals surface area contributed by atoms with Gasteiger partial charge in [0.05, 0.1) is 0 Å². The van der Waals surface area contributed by atoms with Gasteiger partial charge in [-0.05, 0) is 51.8 Å². The van der Waals surface area contributed by atoms with Gasteiger partial charge in [0.2, 0.25) is 0 Å². The van der Waals surface area contributed by atoms with Crippen molar-refractivity contribution in [1.82, 2.24) is 5.32 Å². The van der Waals surface area contributed by atoms with Crippen molar-refractivity contribution < 1.29 is 0 Å². The number of nitrogens with zero attached hydrogens (tertiary/aromatic N) is 1. The van der Waals surface area contributed by atoms with E-state index in [1.54, 1.807) is 0 Å². The molecule has 1 aromatic carbocycles. The van der Waals surface area contributed by atoms with Gasteiger partial charge in [0.1, 0.15) is 0 Å². The van der Waals surface area contributed by atoms with Gasteiger partial charge in [0, 0.05) is 30.9 Å². The highest BCUT2D eigenvalue weighted by Gasteiger charge is 2.09. The topological polar surface area (TPSA) is 15.3 Å². The first-order chi connectivity index (χ1) is 8.33. The monoisotopic (exact) mass is 248 g/mol. The van der Waals surface area contributed by atoms with Crippen molar-refractivity contribution in [3.05, 3.63) is 29.8 Å². The van der Waals surface area contributed by atoms with Crippen molar-refractivity contribution in [3.8, 4) is 0 Å². The fraction of sp³-hybridized carbons (Fsp3) is 0.625. The van der Waals surface area contributed by atoms with Crippen LogP contribution in [0.2, 0.25) is 0 Å². The Labute approximate surface area is 112 Å². The minimum atomic E-state index is 0.173. The molecule has 0 saturated carbocycles. The van der Waals surface area contributed by atoms with Crippen LogP contribution in [0, 0.1) is 0 Å². The van der Waals surface area contributed by atoms with Crippen LogP contribution in [-0.2, 0) is 6.54 Å². The molecule has 0 aliphatic heterocycles. The van der Waals surface area contributed by atoms with Crippen LogP contribution >= 0.6 is 0 Å². The Hall–Kier alpha value is -1.02. The number of nitrogens with one attached hydrogen (secondary N) is 1. The van der Waals surface area contributed by atoms with Gasteiger partial charge in [-0.25, -0.2) is 0 Å². The van der Waals surface area contributed by atoms with E-state index in [-0.39, 0.29) is 5.54 Å². The van der Waals surface area contributed by atoms with E-state index in [9.17, 15) is 0 Å². The molecule has 0 fully saturated rings. The summed E-state index contributed by atoms with van der Waals surface area (Å²) in [5.41, 5.74) is 2.81. The molecular formula is C16H28N2. The maximum atomic E-state index is 3.51. The summed E-state index contributed by atoms with van der Waals surface area (Å²) in [5.74, 6) is 0. The van der Waals surface area contributed by atoms with Crippen molar-refractivity contribution in [1.29, 1.82) is 0 Å². The molecular weight excluding hydrogens is 220 g/mol.